The van der Waals surface area contributed by atoms with Crippen LogP contribution in [0.15, 0.2) is 17.8 Å². The van der Waals surface area contributed by atoms with Crippen LogP contribution in [0.5, 0.6) is 0 Å². The Labute approximate surface area is 143 Å². The first-order valence-corrected chi connectivity index (χ1v) is 9.06. The molecule has 0 saturated heterocycles. The molecule has 2 rings (SSSR count). The third-order valence-electron chi connectivity index (χ3n) is 5.80. The Balaban J connectivity index is 2.84. The molecule has 2 heterocycles. The van der Waals surface area contributed by atoms with Crippen LogP contribution in [0, 0.1) is 12.8 Å². The summed E-state index contributed by atoms with van der Waals surface area (Å²) in [6.45, 7) is 18.4. The summed E-state index contributed by atoms with van der Waals surface area (Å²) in [5.41, 5.74) is 7.08. The topological polar surface area (TPSA) is 16.1 Å². The molecule has 23 heavy (non-hydrogen) atoms. The van der Waals surface area contributed by atoms with E-state index in [2.05, 4.69) is 79.6 Å². The van der Waals surface area contributed by atoms with E-state index in [-0.39, 0.29) is 0 Å². The molecule has 0 bridgehead atoms. The standard InChI is InChI=1S/C21H34N2/c1-12(2)18-10-14(5)16(7)23(9)17(8)20-15(6)22-11-19(13(3)4)21(18)20/h10-13,16-18H,1-9H3/b14-10-/t16-,17+,18?/m1/s1. The Kier molecular flexibility index (Phi) is 5.35. The number of nitrogens with zero attached hydrogens (tertiary/aromatic N) is 2. The number of likely N-dealkylation sites (N-methyl/N-ethyl adjacent to an activating group) is 1. The zero-order chi connectivity index (χ0) is 17.5. The van der Waals surface area contributed by atoms with Crippen molar-refractivity contribution >= 4 is 0 Å². The second kappa shape index (κ2) is 6.76. The first kappa shape index (κ1) is 18.2. The minimum atomic E-state index is 0.385. The summed E-state index contributed by atoms with van der Waals surface area (Å²) in [6.07, 6.45) is 4.64. The van der Waals surface area contributed by atoms with Crippen molar-refractivity contribution in [1.82, 2.24) is 9.88 Å². The minimum Gasteiger partial charge on any atom is -0.293 e. The van der Waals surface area contributed by atoms with E-state index in [0.717, 1.165) is 0 Å². The number of hydrogen-bond acceptors (Lipinski definition) is 2. The number of hydrogen-bond donors (Lipinski definition) is 0. The van der Waals surface area contributed by atoms with Gasteiger partial charge in [-0.2, -0.15) is 0 Å². The molecule has 1 aliphatic heterocycles. The van der Waals surface area contributed by atoms with Crippen LogP contribution in [0.2, 0.25) is 0 Å². The summed E-state index contributed by atoms with van der Waals surface area (Å²) in [7, 11) is 2.24. The number of pyridine rings is 1. The lowest BCUT2D eigenvalue weighted by atomic mass is 9.76. The highest BCUT2D eigenvalue weighted by molar-refractivity contribution is 5.46. The monoisotopic (exact) mass is 314 g/mol. The van der Waals surface area contributed by atoms with Gasteiger partial charge in [0.2, 0.25) is 0 Å². The van der Waals surface area contributed by atoms with Crippen LogP contribution in [0.4, 0.5) is 0 Å². The Hall–Kier alpha value is -1.15. The van der Waals surface area contributed by atoms with Gasteiger partial charge in [-0.15, -0.1) is 0 Å². The van der Waals surface area contributed by atoms with Crippen LogP contribution in [0.25, 0.3) is 0 Å². The van der Waals surface area contributed by atoms with Crippen molar-refractivity contribution in [2.75, 3.05) is 7.05 Å². The van der Waals surface area contributed by atoms with Crippen LogP contribution in [0.3, 0.4) is 0 Å². The molecule has 3 atom stereocenters. The van der Waals surface area contributed by atoms with Gasteiger partial charge in [0.15, 0.2) is 0 Å². The molecule has 0 saturated carbocycles. The highest BCUT2D eigenvalue weighted by Gasteiger charge is 2.31. The molecule has 0 spiro atoms. The van der Waals surface area contributed by atoms with Crippen molar-refractivity contribution in [1.29, 1.82) is 0 Å². The predicted molar refractivity (Wildman–Crippen MR) is 100 cm³/mol. The summed E-state index contributed by atoms with van der Waals surface area (Å²) in [6, 6.07) is 0.845. The Morgan fingerprint density at radius 2 is 1.61 bits per heavy atom. The fraction of sp³-hybridized carbons (Fsp3) is 0.667. The normalized spacial score (nSPS) is 28.3. The summed E-state index contributed by atoms with van der Waals surface area (Å²) in [4.78, 5) is 7.25. The van der Waals surface area contributed by atoms with Crippen molar-refractivity contribution in [2.24, 2.45) is 5.92 Å². The third kappa shape index (κ3) is 3.24. The highest BCUT2D eigenvalue weighted by Crippen LogP contribution is 2.42. The lowest BCUT2D eigenvalue weighted by molar-refractivity contribution is 0.215. The molecule has 2 nitrogen and oxygen atoms in total. The lowest BCUT2D eigenvalue weighted by Gasteiger charge is -2.39. The van der Waals surface area contributed by atoms with E-state index in [4.69, 9.17) is 4.98 Å². The SMILES string of the molecule is C/C1=C/C(C(C)C)c2c(C(C)C)cnc(C)c2[C@H](C)N(C)[C@@H]1C. The fourth-order valence-electron chi connectivity index (χ4n) is 3.91. The first-order chi connectivity index (χ1) is 10.7. The maximum atomic E-state index is 4.76. The van der Waals surface area contributed by atoms with Crippen molar-refractivity contribution in [2.45, 2.75) is 79.3 Å². The molecular weight excluding hydrogens is 280 g/mol. The maximum Gasteiger partial charge on any atom is 0.0423 e. The van der Waals surface area contributed by atoms with Gasteiger partial charge < -0.3 is 0 Å². The third-order valence-corrected chi connectivity index (χ3v) is 5.80. The molecular formula is C21H34N2. The predicted octanol–water partition coefficient (Wildman–Crippen LogP) is 5.59. The van der Waals surface area contributed by atoms with Crippen LogP contribution in [0.1, 0.15) is 88.7 Å². The first-order valence-electron chi connectivity index (χ1n) is 9.06. The summed E-state index contributed by atoms with van der Waals surface area (Å²) in [5.74, 6) is 1.56. The van der Waals surface area contributed by atoms with E-state index < -0.39 is 0 Å². The van der Waals surface area contributed by atoms with Gasteiger partial charge in [-0.1, -0.05) is 39.3 Å². The van der Waals surface area contributed by atoms with Gasteiger partial charge in [0.25, 0.3) is 0 Å². The summed E-state index contributed by atoms with van der Waals surface area (Å²) in [5, 5.41) is 0. The van der Waals surface area contributed by atoms with Gasteiger partial charge in [-0.3, -0.25) is 9.88 Å². The van der Waals surface area contributed by atoms with Crippen LogP contribution < -0.4 is 0 Å². The van der Waals surface area contributed by atoms with Gasteiger partial charge in [-0.05, 0) is 63.3 Å². The molecule has 1 aromatic rings. The Morgan fingerprint density at radius 3 is 2.13 bits per heavy atom. The van der Waals surface area contributed by atoms with Crippen molar-refractivity contribution in [3.63, 3.8) is 0 Å². The van der Waals surface area contributed by atoms with E-state index in [1.807, 2.05) is 0 Å². The highest BCUT2D eigenvalue weighted by atomic mass is 15.2. The largest absolute Gasteiger partial charge is 0.293 e. The Morgan fingerprint density at radius 1 is 1.00 bits per heavy atom. The number of allylic oxidation sites excluding steroid dienone is 1. The zero-order valence-electron chi connectivity index (χ0n) is 16.4. The molecule has 0 aromatic carbocycles. The van der Waals surface area contributed by atoms with Gasteiger partial charge in [0.1, 0.15) is 0 Å². The molecule has 1 aliphatic rings. The van der Waals surface area contributed by atoms with E-state index in [0.29, 0.717) is 29.8 Å². The molecule has 128 valence electrons. The quantitative estimate of drug-likeness (QED) is 0.661. The number of aromatic nitrogens is 1. The molecule has 0 radical (unpaired) electrons. The van der Waals surface area contributed by atoms with E-state index >= 15 is 0 Å². The van der Waals surface area contributed by atoms with Crippen LogP contribution in [-0.4, -0.2) is 23.0 Å². The molecule has 0 fully saturated rings. The molecule has 1 unspecified atom stereocenters. The van der Waals surface area contributed by atoms with Crippen LogP contribution in [-0.2, 0) is 0 Å². The fourth-order valence-corrected chi connectivity index (χ4v) is 3.91. The van der Waals surface area contributed by atoms with Crippen molar-refractivity contribution in [3.05, 3.63) is 40.2 Å². The molecule has 0 N–H and O–H groups in total. The van der Waals surface area contributed by atoms with E-state index in [1.54, 1.807) is 0 Å². The smallest absolute Gasteiger partial charge is 0.0423 e. The lowest BCUT2D eigenvalue weighted by Crippen LogP contribution is -2.36. The molecule has 2 heteroatoms. The zero-order valence-corrected chi connectivity index (χ0v) is 16.4. The second-order valence-corrected chi connectivity index (χ2v) is 7.98. The van der Waals surface area contributed by atoms with Crippen molar-refractivity contribution in [3.8, 4) is 0 Å². The Bertz CT molecular complexity index is 598. The number of fused-ring (bicyclic) bond motifs is 1. The number of aryl methyl sites for hydroxylation is 1. The second-order valence-electron chi connectivity index (χ2n) is 7.98. The van der Waals surface area contributed by atoms with Gasteiger partial charge in [0, 0.05) is 29.9 Å². The van der Waals surface area contributed by atoms with Gasteiger partial charge in [-0.25, -0.2) is 0 Å². The number of rotatable bonds is 2. The molecule has 0 aliphatic carbocycles. The average molecular weight is 315 g/mol. The molecule has 0 amide bonds. The van der Waals surface area contributed by atoms with E-state index in [1.165, 1.54) is 28.0 Å². The van der Waals surface area contributed by atoms with Gasteiger partial charge >= 0.3 is 0 Å². The van der Waals surface area contributed by atoms with Crippen LogP contribution >= 0.6 is 0 Å². The molecule has 1 aromatic heterocycles. The summed E-state index contributed by atoms with van der Waals surface area (Å²) < 4.78 is 0. The maximum absolute atomic E-state index is 4.76. The average Bonchev–Trinajstić information content (AvgIpc) is 2.48. The van der Waals surface area contributed by atoms with Gasteiger partial charge in [0.05, 0.1) is 0 Å². The van der Waals surface area contributed by atoms with Crippen molar-refractivity contribution < 1.29 is 0 Å². The minimum absolute atomic E-state index is 0.385. The summed E-state index contributed by atoms with van der Waals surface area (Å²) >= 11 is 0. The van der Waals surface area contributed by atoms with E-state index in [9.17, 15) is 0 Å².